The number of rotatable bonds is 6. The van der Waals surface area contributed by atoms with Crippen LogP contribution in [0.4, 0.5) is 5.69 Å². The molecule has 2 aromatic carbocycles. The van der Waals surface area contributed by atoms with E-state index in [2.05, 4.69) is 10.6 Å². The first-order chi connectivity index (χ1) is 12.3. The van der Waals surface area contributed by atoms with Crippen LogP contribution in [0.2, 0.25) is 10.0 Å². The number of aryl methyl sites for hydroxylation is 1. The number of nitrogens with one attached hydrogen (secondary N) is 2. The number of anilines is 1. The van der Waals surface area contributed by atoms with Gasteiger partial charge in [-0.25, -0.2) is 0 Å². The number of benzene rings is 2. The normalized spacial score (nSPS) is 10.5. The molecule has 0 atom stereocenters. The number of hydrogen-bond acceptors (Lipinski definition) is 3. The van der Waals surface area contributed by atoms with Gasteiger partial charge in [0.2, 0.25) is 5.91 Å². The maximum absolute atomic E-state index is 12.4. The van der Waals surface area contributed by atoms with Crippen molar-refractivity contribution in [2.45, 2.75) is 26.9 Å². The third kappa shape index (κ3) is 5.64. The van der Waals surface area contributed by atoms with Crippen molar-refractivity contribution in [2.75, 3.05) is 11.9 Å². The van der Waals surface area contributed by atoms with E-state index in [4.69, 9.17) is 27.9 Å². The summed E-state index contributed by atoms with van der Waals surface area (Å²) in [5.41, 5.74) is 1.75. The van der Waals surface area contributed by atoms with Gasteiger partial charge in [-0.3, -0.25) is 9.59 Å². The molecule has 0 spiro atoms. The average molecular weight is 395 g/mol. The second kappa shape index (κ2) is 8.92. The van der Waals surface area contributed by atoms with Gasteiger partial charge in [-0.2, -0.15) is 0 Å². The summed E-state index contributed by atoms with van der Waals surface area (Å²) >= 11 is 12.1. The Morgan fingerprint density at radius 2 is 1.85 bits per heavy atom. The minimum atomic E-state index is -0.451. The van der Waals surface area contributed by atoms with Crippen LogP contribution in [-0.2, 0) is 4.79 Å². The number of hydrogen-bond donors (Lipinski definition) is 2. The zero-order valence-corrected chi connectivity index (χ0v) is 16.2. The van der Waals surface area contributed by atoms with Crippen LogP contribution < -0.4 is 15.4 Å². The number of carbonyl (C=O) groups is 2. The highest BCUT2D eigenvalue weighted by molar-refractivity contribution is 6.33. The SMILES string of the molecule is Cc1ccc(NC(=O)CNC(=O)c2cc(Cl)ccc2OC(C)C)c(Cl)c1. The minimum absolute atomic E-state index is 0.102. The molecule has 2 aromatic rings. The summed E-state index contributed by atoms with van der Waals surface area (Å²) in [5.74, 6) is -0.436. The Balaban J connectivity index is 2.02. The number of carbonyl (C=O) groups excluding carboxylic acids is 2. The van der Waals surface area contributed by atoms with Gasteiger partial charge >= 0.3 is 0 Å². The van der Waals surface area contributed by atoms with Crippen molar-refractivity contribution in [3.05, 3.63) is 57.6 Å². The molecule has 5 nitrogen and oxygen atoms in total. The van der Waals surface area contributed by atoms with E-state index in [0.29, 0.717) is 21.5 Å². The van der Waals surface area contributed by atoms with Crippen LogP contribution in [0.15, 0.2) is 36.4 Å². The molecule has 0 fully saturated rings. The van der Waals surface area contributed by atoms with Crippen molar-refractivity contribution in [1.82, 2.24) is 5.32 Å². The lowest BCUT2D eigenvalue weighted by molar-refractivity contribution is -0.115. The molecule has 0 bridgehead atoms. The van der Waals surface area contributed by atoms with Gasteiger partial charge in [-0.1, -0.05) is 29.3 Å². The van der Waals surface area contributed by atoms with E-state index in [9.17, 15) is 9.59 Å². The highest BCUT2D eigenvalue weighted by Crippen LogP contribution is 2.24. The Morgan fingerprint density at radius 1 is 1.12 bits per heavy atom. The van der Waals surface area contributed by atoms with E-state index in [-0.39, 0.29) is 18.2 Å². The molecule has 0 saturated heterocycles. The lowest BCUT2D eigenvalue weighted by Crippen LogP contribution is -2.33. The first-order valence-electron chi connectivity index (χ1n) is 8.06. The standard InChI is InChI=1S/C19H20Cl2N2O3/c1-11(2)26-17-7-5-13(20)9-14(17)19(25)22-10-18(24)23-16-6-4-12(3)8-15(16)21/h4-9,11H,10H2,1-3H3,(H,22,25)(H,23,24). The zero-order valence-electron chi connectivity index (χ0n) is 14.7. The molecule has 0 aliphatic heterocycles. The summed E-state index contributed by atoms with van der Waals surface area (Å²) in [6, 6.07) is 10.1. The topological polar surface area (TPSA) is 67.4 Å². The molecule has 138 valence electrons. The monoisotopic (exact) mass is 394 g/mol. The highest BCUT2D eigenvalue weighted by Gasteiger charge is 2.16. The lowest BCUT2D eigenvalue weighted by Gasteiger charge is -2.14. The predicted molar refractivity (Wildman–Crippen MR) is 104 cm³/mol. The Labute approximate surface area is 162 Å². The Bertz CT molecular complexity index is 822. The van der Waals surface area contributed by atoms with Gasteiger partial charge < -0.3 is 15.4 Å². The molecule has 0 saturated carbocycles. The fourth-order valence-corrected chi connectivity index (χ4v) is 2.66. The van der Waals surface area contributed by atoms with Crippen molar-refractivity contribution in [3.8, 4) is 5.75 Å². The molecule has 2 N–H and O–H groups in total. The molecule has 2 amide bonds. The second-order valence-electron chi connectivity index (χ2n) is 6.02. The van der Waals surface area contributed by atoms with Crippen molar-refractivity contribution in [2.24, 2.45) is 0 Å². The highest BCUT2D eigenvalue weighted by atomic mass is 35.5. The molecule has 0 aliphatic rings. The van der Waals surface area contributed by atoms with E-state index < -0.39 is 11.8 Å². The van der Waals surface area contributed by atoms with Gasteiger partial charge in [0, 0.05) is 5.02 Å². The van der Waals surface area contributed by atoms with Gasteiger partial charge in [-0.15, -0.1) is 0 Å². The molecule has 2 rings (SSSR count). The molecule has 0 aliphatic carbocycles. The first-order valence-corrected chi connectivity index (χ1v) is 8.82. The van der Waals surface area contributed by atoms with Crippen molar-refractivity contribution < 1.29 is 14.3 Å². The van der Waals surface area contributed by atoms with Crippen molar-refractivity contribution in [3.63, 3.8) is 0 Å². The number of amides is 2. The van der Waals surface area contributed by atoms with Gasteiger partial charge in [-0.05, 0) is 56.7 Å². The third-order valence-electron chi connectivity index (χ3n) is 3.36. The summed E-state index contributed by atoms with van der Waals surface area (Å²) in [6.45, 7) is 5.40. The van der Waals surface area contributed by atoms with Crippen molar-refractivity contribution in [1.29, 1.82) is 0 Å². The van der Waals surface area contributed by atoms with Crippen LogP contribution in [0.5, 0.6) is 5.75 Å². The maximum Gasteiger partial charge on any atom is 0.255 e. The summed E-state index contributed by atoms with van der Waals surface area (Å²) in [5, 5.41) is 6.06. The van der Waals surface area contributed by atoms with Gasteiger partial charge in [0.1, 0.15) is 5.75 Å². The fourth-order valence-electron chi connectivity index (χ4n) is 2.21. The largest absolute Gasteiger partial charge is 0.490 e. The zero-order chi connectivity index (χ0) is 19.3. The maximum atomic E-state index is 12.4. The third-order valence-corrected chi connectivity index (χ3v) is 3.90. The van der Waals surface area contributed by atoms with Crippen LogP contribution in [0.25, 0.3) is 0 Å². The first kappa shape index (κ1) is 20.1. The van der Waals surface area contributed by atoms with Crippen LogP contribution in [-0.4, -0.2) is 24.5 Å². The molecule has 0 aromatic heterocycles. The van der Waals surface area contributed by atoms with E-state index >= 15 is 0 Å². The quantitative estimate of drug-likeness (QED) is 0.759. The molecule has 0 heterocycles. The summed E-state index contributed by atoms with van der Waals surface area (Å²) in [7, 11) is 0. The van der Waals surface area contributed by atoms with E-state index in [1.807, 2.05) is 26.8 Å². The Morgan fingerprint density at radius 3 is 2.50 bits per heavy atom. The van der Waals surface area contributed by atoms with Crippen LogP contribution in [0.3, 0.4) is 0 Å². The summed E-state index contributed by atoms with van der Waals surface area (Å²) in [6.07, 6.45) is -0.102. The Hall–Kier alpha value is -2.24. The van der Waals surface area contributed by atoms with E-state index in [0.717, 1.165) is 5.56 Å². The Kier molecular flexibility index (Phi) is 6.89. The number of ether oxygens (including phenoxy) is 1. The second-order valence-corrected chi connectivity index (χ2v) is 6.86. The minimum Gasteiger partial charge on any atom is -0.490 e. The van der Waals surface area contributed by atoms with Crippen LogP contribution in [0.1, 0.15) is 29.8 Å². The van der Waals surface area contributed by atoms with Crippen molar-refractivity contribution >= 4 is 40.7 Å². The molecule has 0 unspecified atom stereocenters. The molecule has 26 heavy (non-hydrogen) atoms. The van der Waals surface area contributed by atoms with Gasteiger partial charge in [0.15, 0.2) is 0 Å². The molecule has 7 heteroatoms. The summed E-state index contributed by atoms with van der Waals surface area (Å²) in [4.78, 5) is 24.5. The fraction of sp³-hybridized carbons (Fsp3) is 0.263. The molecule has 0 radical (unpaired) electrons. The lowest BCUT2D eigenvalue weighted by atomic mass is 10.2. The number of halogens is 2. The molecular formula is C19H20Cl2N2O3. The average Bonchev–Trinajstić information content (AvgIpc) is 2.56. The summed E-state index contributed by atoms with van der Waals surface area (Å²) < 4.78 is 5.61. The van der Waals surface area contributed by atoms with Gasteiger partial charge in [0.05, 0.1) is 28.9 Å². The van der Waals surface area contributed by atoms with Crippen LogP contribution in [0, 0.1) is 6.92 Å². The smallest absolute Gasteiger partial charge is 0.255 e. The van der Waals surface area contributed by atoms with E-state index in [1.54, 1.807) is 24.3 Å². The predicted octanol–water partition coefficient (Wildman–Crippen LogP) is 4.46. The van der Waals surface area contributed by atoms with Gasteiger partial charge in [0.25, 0.3) is 5.91 Å². The van der Waals surface area contributed by atoms with Crippen LogP contribution >= 0.6 is 23.2 Å². The van der Waals surface area contributed by atoms with E-state index in [1.165, 1.54) is 6.07 Å². The molecular weight excluding hydrogens is 375 g/mol.